The second-order valence-corrected chi connectivity index (χ2v) is 13.5. The molecule has 0 saturated heterocycles. The van der Waals surface area contributed by atoms with Gasteiger partial charge in [-0.1, -0.05) is 133 Å². The van der Waals surface area contributed by atoms with Crippen molar-refractivity contribution in [1.82, 2.24) is 29.9 Å². The van der Waals surface area contributed by atoms with Gasteiger partial charge in [0.05, 0.1) is 44.5 Å². The van der Waals surface area contributed by atoms with Crippen LogP contribution in [0.15, 0.2) is 170 Å². The Kier molecular flexibility index (Phi) is 6.75. The van der Waals surface area contributed by atoms with Crippen LogP contribution in [-0.4, -0.2) is 29.9 Å². The van der Waals surface area contributed by atoms with Crippen molar-refractivity contribution >= 4 is 65.4 Å². The molecule has 6 heteroatoms. The number of hydrogen-bond donors (Lipinski definition) is 0. The first-order valence-corrected chi connectivity index (χ1v) is 18.0. The number of hydrogen-bond acceptors (Lipinski definition) is 6. The molecule has 11 rings (SSSR count). The Balaban J connectivity index is 1.07. The van der Waals surface area contributed by atoms with Crippen LogP contribution < -0.4 is 0 Å². The van der Waals surface area contributed by atoms with Crippen molar-refractivity contribution in [3.05, 3.63) is 170 Å². The molecule has 54 heavy (non-hydrogen) atoms. The minimum atomic E-state index is 0.519. The van der Waals surface area contributed by atoms with Gasteiger partial charge in [0.15, 0.2) is 5.82 Å². The van der Waals surface area contributed by atoms with E-state index in [9.17, 15) is 0 Å². The summed E-state index contributed by atoms with van der Waals surface area (Å²) >= 11 is 0. The van der Waals surface area contributed by atoms with Crippen molar-refractivity contribution in [2.75, 3.05) is 0 Å². The summed E-state index contributed by atoms with van der Waals surface area (Å²) < 4.78 is 0. The Morgan fingerprint density at radius 1 is 0.296 bits per heavy atom. The molecule has 0 aliphatic carbocycles. The molecule has 0 bridgehead atoms. The smallest absolute Gasteiger partial charge is 0.178 e. The molecular formula is C48H28N6. The summed E-state index contributed by atoms with van der Waals surface area (Å²) in [6, 6.07) is 56.3. The Morgan fingerprint density at radius 3 is 1.33 bits per heavy atom. The lowest BCUT2D eigenvalue weighted by Crippen LogP contribution is -1.97. The third-order valence-electron chi connectivity index (χ3n) is 10.3. The van der Waals surface area contributed by atoms with Crippen molar-refractivity contribution < 1.29 is 0 Å². The molecule has 0 aliphatic heterocycles. The van der Waals surface area contributed by atoms with Gasteiger partial charge >= 0.3 is 0 Å². The Labute approximate surface area is 309 Å². The number of pyridine rings is 4. The molecule has 0 radical (unpaired) electrons. The standard InChI is InChI=1S/C48H28N6/c1-3-11-29(12-4-1)42-33-15-7-9-17-37(33)50-46-35(42)23-19-31-21-25-39(52-44(31)46)40-27-28-49-48(54-40)41-26-22-32-20-24-36-43(30-13-5-2-6-14-30)34-16-8-10-18-38(34)51-47(36)45(32)53-41/h1-28H. The summed E-state index contributed by atoms with van der Waals surface area (Å²) in [4.78, 5) is 30.5. The van der Waals surface area contributed by atoms with E-state index < -0.39 is 0 Å². The lowest BCUT2D eigenvalue weighted by molar-refractivity contribution is 1.14. The molecule has 6 nitrogen and oxygen atoms in total. The maximum absolute atomic E-state index is 5.23. The normalized spacial score (nSPS) is 11.7. The zero-order valence-corrected chi connectivity index (χ0v) is 28.8. The van der Waals surface area contributed by atoms with Gasteiger partial charge in [-0.3, -0.25) is 0 Å². The van der Waals surface area contributed by atoms with Crippen molar-refractivity contribution in [1.29, 1.82) is 0 Å². The Morgan fingerprint density at radius 2 is 0.759 bits per heavy atom. The highest BCUT2D eigenvalue weighted by Gasteiger charge is 2.17. The minimum absolute atomic E-state index is 0.519. The van der Waals surface area contributed by atoms with Crippen molar-refractivity contribution in [2.45, 2.75) is 0 Å². The molecule has 0 amide bonds. The fourth-order valence-electron chi connectivity index (χ4n) is 7.80. The van der Waals surface area contributed by atoms with Crippen LogP contribution in [0, 0.1) is 0 Å². The molecule has 0 fully saturated rings. The monoisotopic (exact) mass is 688 g/mol. The molecule has 0 saturated carbocycles. The first kappa shape index (κ1) is 30.2. The van der Waals surface area contributed by atoms with Crippen LogP contribution in [0.2, 0.25) is 0 Å². The molecule has 0 spiro atoms. The van der Waals surface area contributed by atoms with Gasteiger partial charge in [-0.15, -0.1) is 0 Å². The van der Waals surface area contributed by atoms with Gasteiger partial charge in [0, 0.05) is 49.6 Å². The second kappa shape index (κ2) is 12.1. The Bertz CT molecular complexity index is 3050. The predicted octanol–water partition coefficient (Wildman–Crippen LogP) is 11.6. The van der Waals surface area contributed by atoms with E-state index in [2.05, 4.69) is 121 Å². The van der Waals surface area contributed by atoms with E-state index in [-0.39, 0.29) is 0 Å². The van der Waals surface area contributed by atoms with E-state index in [1.54, 1.807) is 6.20 Å². The highest BCUT2D eigenvalue weighted by Crippen LogP contribution is 2.39. The minimum Gasteiger partial charge on any atom is -0.245 e. The fraction of sp³-hybridized carbons (Fsp3) is 0. The van der Waals surface area contributed by atoms with Crippen LogP contribution in [0.5, 0.6) is 0 Å². The van der Waals surface area contributed by atoms with Crippen LogP contribution in [0.25, 0.3) is 111 Å². The topological polar surface area (TPSA) is 77.3 Å². The summed E-state index contributed by atoms with van der Waals surface area (Å²) in [7, 11) is 0. The molecule has 11 aromatic rings. The van der Waals surface area contributed by atoms with E-state index in [1.807, 2.05) is 42.5 Å². The molecule has 0 unspecified atom stereocenters. The third-order valence-corrected chi connectivity index (χ3v) is 10.3. The van der Waals surface area contributed by atoms with Crippen LogP contribution in [-0.2, 0) is 0 Å². The molecule has 5 aromatic heterocycles. The number of aromatic nitrogens is 6. The van der Waals surface area contributed by atoms with Gasteiger partial charge in [0.1, 0.15) is 5.69 Å². The van der Waals surface area contributed by atoms with Crippen LogP contribution in [0.4, 0.5) is 0 Å². The van der Waals surface area contributed by atoms with E-state index in [0.717, 1.165) is 93.4 Å². The fourth-order valence-corrected chi connectivity index (χ4v) is 7.80. The maximum atomic E-state index is 5.23. The molecular weight excluding hydrogens is 661 g/mol. The van der Waals surface area contributed by atoms with Gasteiger partial charge < -0.3 is 0 Å². The van der Waals surface area contributed by atoms with Gasteiger partial charge in [-0.2, -0.15) is 0 Å². The predicted molar refractivity (Wildman–Crippen MR) is 220 cm³/mol. The zero-order valence-electron chi connectivity index (χ0n) is 28.8. The average Bonchev–Trinajstić information content (AvgIpc) is 3.25. The first-order valence-electron chi connectivity index (χ1n) is 18.0. The first-order chi connectivity index (χ1) is 26.8. The number of rotatable bonds is 4. The van der Waals surface area contributed by atoms with E-state index in [4.69, 9.17) is 29.9 Å². The number of benzene rings is 6. The lowest BCUT2D eigenvalue weighted by atomic mass is 9.95. The number of para-hydroxylation sites is 2. The lowest BCUT2D eigenvalue weighted by Gasteiger charge is -2.13. The van der Waals surface area contributed by atoms with Gasteiger partial charge in [0.25, 0.3) is 0 Å². The summed E-state index contributed by atoms with van der Waals surface area (Å²) in [5.41, 5.74) is 11.9. The van der Waals surface area contributed by atoms with Gasteiger partial charge in [-0.25, -0.2) is 29.9 Å². The molecule has 250 valence electrons. The van der Waals surface area contributed by atoms with Crippen LogP contribution >= 0.6 is 0 Å². The maximum Gasteiger partial charge on any atom is 0.178 e. The van der Waals surface area contributed by atoms with Gasteiger partial charge in [0.2, 0.25) is 0 Å². The average molecular weight is 689 g/mol. The Hall–Kier alpha value is -7.44. The van der Waals surface area contributed by atoms with Crippen molar-refractivity contribution in [3.8, 4) is 45.2 Å². The quantitative estimate of drug-likeness (QED) is 0.135. The van der Waals surface area contributed by atoms with Crippen molar-refractivity contribution in [2.24, 2.45) is 0 Å². The number of fused-ring (bicyclic) bond motifs is 8. The third kappa shape index (κ3) is 4.81. The molecule has 6 aromatic carbocycles. The van der Waals surface area contributed by atoms with E-state index >= 15 is 0 Å². The second-order valence-electron chi connectivity index (χ2n) is 13.5. The molecule has 5 heterocycles. The highest BCUT2D eigenvalue weighted by molar-refractivity contribution is 6.17. The van der Waals surface area contributed by atoms with E-state index in [0.29, 0.717) is 17.2 Å². The van der Waals surface area contributed by atoms with E-state index in [1.165, 1.54) is 0 Å². The summed E-state index contributed by atoms with van der Waals surface area (Å²) in [6.07, 6.45) is 1.78. The largest absolute Gasteiger partial charge is 0.245 e. The molecule has 0 atom stereocenters. The summed E-state index contributed by atoms with van der Waals surface area (Å²) in [5.74, 6) is 0.519. The van der Waals surface area contributed by atoms with Crippen LogP contribution in [0.3, 0.4) is 0 Å². The van der Waals surface area contributed by atoms with Gasteiger partial charge in [-0.05, 0) is 41.5 Å². The molecule has 0 N–H and O–H groups in total. The summed E-state index contributed by atoms with van der Waals surface area (Å²) in [6.45, 7) is 0. The van der Waals surface area contributed by atoms with Crippen molar-refractivity contribution in [3.63, 3.8) is 0 Å². The zero-order chi connectivity index (χ0) is 35.6. The van der Waals surface area contributed by atoms with Crippen LogP contribution in [0.1, 0.15) is 0 Å². The highest BCUT2D eigenvalue weighted by atomic mass is 14.9. The SMILES string of the molecule is c1ccc(-c2c3ccccc3nc3c2ccc2ccc(-c4ccnc(-c5ccc6ccc7c(-c8ccccc8)c8ccccc8nc7c6n5)n4)nc23)cc1. The molecule has 0 aliphatic rings. The number of nitrogens with zero attached hydrogens (tertiary/aromatic N) is 6. The summed E-state index contributed by atoms with van der Waals surface area (Å²) in [5, 5.41) is 6.35.